The highest BCUT2D eigenvalue weighted by molar-refractivity contribution is 9.10. The third-order valence-corrected chi connectivity index (χ3v) is 6.00. The number of alkyl halides is 3. The molecule has 1 amide bonds. The normalized spacial score (nSPS) is 11.1. The van der Waals surface area contributed by atoms with Gasteiger partial charge in [-0.3, -0.25) is 4.79 Å². The fraction of sp³-hybridized carbons (Fsp3) is 0.292. The van der Waals surface area contributed by atoms with Crippen LogP contribution in [0.2, 0.25) is 0 Å². The van der Waals surface area contributed by atoms with E-state index in [-0.39, 0.29) is 11.7 Å². The molecule has 0 aliphatic heterocycles. The van der Waals surface area contributed by atoms with E-state index in [9.17, 15) is 23.1 Å². The molecule has 0 unspecified atom stereocenters. The lowest BCUT2D eigenvalue weighted by Gasteiger charge is -2.11. The number of aromatic hydroxyl groups is 1. The molecule has 3 aromatic rings. The van der Waals surface area contributed by atoms with Crippen molar-refractivity contribution in [3.63, 3.8) is 0 Å². The molecule has 9 nitrogen and oxygen atoms in total. The molecule has 0 aliphatic rings. The van der Waals surface area contributed by atoms with Crippen LogP contribution in [-0.4, -0.2) is 72.8 Å². The first-order valence-electron chi connectivity index (χ1n) is 11.0. The number of hydrogen-bond acceptors (Lipinski definition) is 8. The number of ether oxygens (including phenoxy) is 2. The molecule has 38 heavy (non-hydrogen) atoms. The van der Waals surface area contributed by atoms with E-state index < -0.39 is 12.1 Å². The van der Waals surface area contributed by atoms with Gasteiger partial charge in [-0.05, 0) is 48.5 Å². The van der Waals surface area contributed by atoms with Gasteiger partial charge in [-0.25, -0.2) is 9.78 Å². The Bertz CT molecular complexity index is 1220. The smallest absolute Gasteiger partial charge is 0.490 e. The minimum Gasteiger partial charge on any atom is -0.508 e. The highest BCUT2D eigenvalue weighted by Crippen LogP contribution is 2.35. The Kier molecular flexibility index (Phi) is 12.8. The summed E-state index contributed by atoms with van der Waals surface area (Å²) in [6, 6.07) is 14.5. The number of carboxylic acid groups (broad SMARTS) is 1. The first-order chi connectivity index (χ1) is 18.0. The number of carbonyl (C=O) groups is 2. The van der Waals surface area contributed by atoms with E-state index in [0.717, 1.165) is 25.2 Å². The van der Waals surface area contributed by atoms with Gasteiger partial charge in [0.15, 0.2) is 0 Å². The van der Waals surface area contributed by atoms with E-state index in [2.05, 4.69) is 26.2 Å². The van der Waals surface area contributed by atoms with E-state index in [4.69, 9.17) is 25.1 Å². The Labute approximate surface area is 228 Å². The van der Waals surface area contributed by atoms with Gasteiger partial charge < -0.3 is 30.7 Å². The van der Waals surface area contributed by atoms with Crippen LogP contribution in [0, 0.1) is 0 Å². The van der Waals surface area contributed by atoms with Crippen molar-refractivity contribution in [1.29, 1.82) is 0 Å². The molecule has 0 spiro atoms. The van der Waals surface area contributed by atoms with Crippen molar-refractivity contribution in [3.05, 3.63) is 58.7 Å². The van der Waals surface area contributed by atoms with Crippen molar-refractivity contribution in [2.45, 2.75) is 16.0 Å². The second-order valence-electron chi connectivity index (χ2n) is 7.34. The molecule has 206 valence electrons. The monoisotopic (exact) mass is 619 g/mol. The van der Waals surface area contributed by atoms with Crippen LogP contribution >= 0.6 is 27.7 Å². The van der Waals surface area contributed by atoms with Crippen LogP contribution in [0.5, 0.6) is 5.75 Å². The highest BCUT2D eigenvalue weighted by atomic mass is 79.9. The van der Waals surface area contributed by atoms with E-state index in [1.54, 1.807) is 18.2 Å². The van der Waals surface area contributed by atoms with E-state index in [0.29, 0.717) is 45.2 Å². The third-order valence-electron chi connectivity index (χ3n) is 4.44. The molecule has 0 bridgehead atoms. The number of carbonyl (C=O) groups excluding carboxylic acids is 1. The zero-order chi connectivity index (χ0) is 28.1. The molecule has 0 aliphatic carbocycles. The summed E-state index contributed by atoms with van der Waals surface area (Å²) in [5.41, 5.74) is 6.41. The van der Waals surface area contributed by atoms with Crippen molar-refractivity contribution >= 4 is 50.5 Å². The third kappa shape index (κ3) is 10.8. The van der Waals surface area contributed by atoms with Crippen LogP contribution in [0.4, 0.5) is 13.2 Å². The van der Waals surface area contributed by atoms with Crippen LogP contribution in [0.15, 0.2) is 62.8 Å². The first kappa shape index (κ1) is 31.3. The van der Waals surface area contributed by atoms with Gasteiger partial charge >= 0.3 is 12.1 Å². The van der Waals surface area contributed by atoms with Crippen LogP contribution < -0.4 is 11.1 Å². The molecule has 2 aromatic carbocycles. The molecule has 0 saturated carbocycles. The molecule has 14 heteroatoms. The number of amides is 1. The number of phenols is 1. The number of nitrogens with zero attached hydrogens (tertiary/aromatic N) is 1. The molecule has 5 N–H and O–H groups in total. The number of nitrogens with one attached hydrogen (secondary N) is 1. The largest absolute Gasteiger partial charge is 0.508 e. The lowest BCUT2D eigenvalue weighted by atomic mass is 10.2. The lowest BCUT2D eigenvalue weighted by Crippen LogP contribution is -2.28. The van der Waals surface area contributed by atoms with Crippen molar-refractivity contribution in [2.24, 2.45) is 5.73 Å². The number of pyridine rings is 1. The Hall–Kier alpha value is -2.91. The average molecular weight is 620 g/mol. The maximum atomic E-state index is 12.7. The fourth-order valence-corrected chi connectivity index (χ4v) is 4.07. The van der Waals surface area contributed by atoms with Gasteiger partial charge in [0.2, 0.25) is 0 Å². The number of benzene rings is 2. The Morgan fingerprint density at radius 1 is 1.03 bits per heavy atom. The van der Waals surface area contributed by atoms with Crippen molar-refractivity contribution < 1.29 is 42.4 Å². The van der Waals surface area contributed by atoms with Gasteiger partial charge in [0.05, 0.1) is 31.9 Å². The summed E-state index contributed by atoms with van der Waals surface area (Å²) in [6.45, 7) is 2.67. The standard InChI is InChI=1S/C22H24BrN3O4S.C2HF3O2/c23-15-1-6-19-18(13-15)21(31-17-4-2-16(27)3-5-17)14-20(26-19)22(28)25-8-10-30-12-11-29-9-7-24;3-2(4,5)1(6)7/h1-6,13-14,27H,7-12,24H2,(H,25,28);(H,6,7). The molecule has 3 rings (SSSR count). The lowest BCUT2D eigenvalue weighted by molar-refractivity contribution is -0.192. The van der Waals surface area contributed by atoms with Gasteiger partial charge in [0, 0.05) is 32.7 Å². The number of nitrogens with two attached hydrogens (primary N) is 1. The summed E-state index contributed by atoms with van der Waals surface area (Å²) in [6.07, 6.45) is -5.08. The Morgan fingerprint density at radius 2 is 1.66 bits per heavy atom. The molecule has 0 atom stereocenters. The summed E-state index contributed by atoms with van der Waals surface area (Å²) < 4.78 is 43.3. The Balaban J connectivity index is 0.000000638. The van der Waals surface area contributed by atoms with Gasteiger partial charge in [0.1, 0.15) is 11.4 Å². The molecular weight excluding hydrogens is 595 g/mol. The predicted octanol–water partition coefficient (Wildman–Crippen LogP) is 4.21. The first-order valence-corrected chi connectivity index (χ1v) is 12.6. The second-order valence-corrected chi connectivity index (χ2v) is 9.37. The van der Waals surface area contributed by atoms with Crippen molar-refractivity contribution in [1.82, 2.24) is 10.3 Å². The maximum absolute atomic E-state index is 12.7. The molecule has 1 aromatic heterocycles. The molecule has 1 heterocycles. The fourth-order valence-electron chi connectivity index (χ4n) is 2.74. The second kappa shape index (κ2) is 15.5. The van der Waals surface area contributed by atoms with Crippen LogP contribution in [0.25, 0.3) is 10.9 Å². The minimum atomic E-state index is -5.08. The summed E-state index contributed by atoms with van der Waals surface area (Å²) in [5.74, 6) is -2.81. The van der Waals surface area contributed by atoms with Crippen LogP contribution in [0.1, 0.15) is 10.5 Å². The molecule has 0 radical (unpaired) electrons. The summed E-state index contributed by atoms with van der Waals surface area (Å²) in [4.78, 5) is 27.9. The highest BCUT2D eigenvalue weighted by Gasteiger charge is 2.38. The SMILES string of the molecule is NCCOCCOCCNC(=O)c1cc(Sc2ccc(O)cc2)c2cc(Br)ccc2n1.O=C(O)C(F)(F)F. The number of fused-ring (bicyclic) bond motifs is 1. The van der Waals surface area contributed by atoms with E-state index in [1.165, 1.54) is 11.8 Å². The Morgan fingerprint density at radius 3 is 2.26 bits per heavy atom. The summed E-state index contributed by atoms with van der Waals surface area (Å²) in [7, 11) is 0. The number of rotatable bonds is 11. The molecule has 0 saturated heterocycles. The van der Waals surface area contributed by atoms with E-state index in [1.807, 2.05) is 30.3 Å². The van der Waals surface area contributed by atoms with Crippen molar-refractivity contribution in [3.8, 4) is 5.75 Å². The number of hydrogen-bond donors (Lipinski definition) is 4. The predicted molar refractivity (Wildman–Crippen MR) is 138 cm³/mol. The van der Waals surface area contributed by atoms with Gasteiger partial charge in [-0.15, -0.1) is 0 Å². The average Bonchev–Trinajstić information content (AvgIpc) is 2.86. The molecule has 0 fully saturated rings. The van der Waals surface area contributed by atoms with Crippen LogP contribution in [0.3, 0.4) is 0 Å². The topological polar surface area (TPSA) is 144 Å². The summed E-state index contributed by atoms with van der Waals surface area (Å²) in [5, 5.41) is 20.4. The zero-order valence-corrected chi connectivity index (χ0v) is 22.2. The van der Waals surface area contributed by atoms with Crippen LogP contribution in [-0.2, 0) is 14.3 Å². The van der Waals surface area contributed by atoms with E-state index >= 15 is 0 Å². The number of aromatic nitrogens is 1. The summed E-state index contributed by atoms with van der Waals surface area (Å²) >= 11 is 5.01. The van der Waals surface area contributed by atoms with Gasteiger partial charge in [-0.2, -0.15) is 13.2 Å². The van der Waals surface area contributed by atoms with Gasteiger partial charge in [-0.1, -0.05) is 27.7 Å². The molecular formula is C24H25BrF3N3O6S. The number of aliphatic carboxylic acids is 1. The number of phenolic OH excluding ortho intramolecular Hbond substituents is 1. The van der Waals surface area contributed by atoms with Crippen molar-refractivity contribution in [2.75, 3.05) is 39.5 Å². The maximum Gasteiger partial charge on any atom is 0.490 e. The number of halogens is 4. The quantitative estimate of drug-likeness (QED) is 0.232. The zero-order valence-electron chi connectivity index (χ0n) is 19.8. The van der Waals surface area contributed by atoms with Gasteiger partial charge in [0.25, 0.3) is 5.91 Å². The minimum absolute atomic E-state index is 0.208. The number of carboxylic acids is 1.